The van der Waals surface area contributed by atoms with Crippen molar-refractivity contribution in [3.63, 3.8) is 0 Å². The Morgan fingerprint density at radius 2 is 1.78 bits per heavy atom. The summed E-state index contributed by atoms with van der Waals surface area (Å²) in [6.45, 7) is -0.109. The Kier molecular flexibility index (Phi) is 7.37. The number of hydrogen-bond acceptors (Lipinski definition) is 2. The number of benzene rings is 1. The van der Waals surface area contributed by atoms with Crippen LogP contribution in [0.5, 0.6) is 0 Å². The van der Waals surface area contributed by atoms with E-state index in [1.165, 1.54) is 0 Å². The van der Waals surface area contributed by atoms with Gasteiger partial charge in [0.15, 0.2) is 0 Å². The molecule has 23 heavy (non-hydrogen) atoms. The van der Waals surface area contributed by atoms with Gasteiger partial charge in [0.25, 0.3) is 0 Å². The monoisotopic (exact) mass is 331 g/mol. The smallest absolute Gasteiger partial charge is 0.345 e. The van der Waals surface area contributed by atoms with E-state index in [1.54, 1.807) is 5.32 Å². The fraction of sp³-hybridized carbons (Fsp3) is 0.467. The Labute approximate surface area is 132 Å². The number of rotatable bonds is 7. The number of hydrogen-bond donors (Lipinski definition) is 3. The maximum absolute atomic E-state index is 11.9. The summed E-state index contributed by atoms with van der Waals surface area (Å²) in [4.78, 5) is 22.7. The highest BCUT2D eigenvalue weighted by atomic mass is 19.4. The van der Waals surface area contributed by atoms with Crippen molar-refractivity contribution in [2.24, 2.45) is 0 Å². The molecule has 0 aliphatic carbocycles. The van der Waals surface area contributed by atoms with E-state index in [9.17, 15) is 22.8 Å². The molecule has 1 aromatic carbocycles. The van der Waals surface area contributed by atoms with Crippen LogP contribution in [0.25, 0.3) is 0 Å². The van der Waals surface area contributed by atoms with E-state index in [0.29, 0.717) is 6.42 Å². The molecular weight excluding hydrogens is 311 g/mol. The molecule has 0 unspecified atom stereocenters. The van der Waals surface area contributed by atoms with Gasteiger partial charge in [0.05, 0.1) is 6.54 Å². The number of halogens is 3. The highest BCUT2D eigenvalue weighted by Gasteiger charge is 2.27. The van der Waals surface area contributed by atoms with Crippen molar-refractivity contribution >= 4 is 11.9 Å². The van der Waals surface area contributed by atoms with Crippen molar-refractivity contribution in [1.82, 2.24) is 16.0 Å². The first-order chi connectivity index (χ1) is 10.8. The van der Waals surface area contributed by atoms with Crippen molar-refractivity contribution in [1.29, 1.82) is 0 Å². The quantitative estimate of drug-likeness (QED) is 0.715. The van der Waals surface area contributed by atoms with Gasteiger partial charge in [-0.15, -0.1) is 0 Å². The molecule has 0 bridgehead atoms. The zero-order chi connectivity index (χ0) is 17.3. The van der Waals surface area contributed by atoms with E-state index >= 15 is 0 Å². The Hall–Kier alpha value is -2.25. The third kappa shape index (κ3) is 9.38. The number of nitrogens with one attached hydrogen (secondary N) is 3. The molecule has 0 heterocycles. The van der Waals surface area contributed by atoms with E-state index in [-0.39, 0.29) is 6.04 Å². The third-order valence-electron chi connectivity index (χ3n) is 2.98. The molecule has 8 heteroatoms. The van der Waals surface area contributed by atoms with Crippen LogP contribution in [0.1, 0.15) is 18.9 Å². The summed E-state index contributed by atoms with van der Waals surface area (Å²) in [6.07, 6.45) is -2.98. The van der Waals surface area contributed by atoms with Crippen LogP contribution in [0, 0.1) is 0 Å². The fourth-order valence-corrected chi connectivity index (χ4v) is 1.80. The minimum Gasteiger partial charge on any atom is -0.345 e. The number of urea groups is 1. The summed E-state index contributed by atoms with van der Waals surface area (Å²) in [5.74, 6) is -0.894. The minimum absolute atomic E-state index is 0.131. The first kappa shape index (κ1) is 18.8. The van der Waals surface area contributed by atoms with Crippen molar-refractivity contribution in [2.75, 3.05) is 13.1 Å². The molecule has 0 saturated carbocycles. The molecule has 1 rings (SSSR count). The lowest BCUT2D eigenvalue weighted by molar-refractivity contribution is -0.137. The van der Waals surface area contributed by atoms with E-state index in [0.717, 1.165) is 12.0 Å². The van der Waals surface area contributed by atoms with Crippen LogP contribution in [-0.2, 0) is 11.2 Å². The summed E-state index contributed by atoms with van der Waals surface area (Å²) in [7, 11) is 0. The number of amides is 3. The van der Waals surface area contributed by atoms with Crippen LogP contribution in [0.15, 0.2) is 30.3 Å². The van der Waals surface area contributed by atoms with E-state index < -0.39 is 31.2 Å². The third-order valence-corrected chi connectivity index (χ3v) is 2.98. The van der Waals surface area contributed by atoms with Gasteiger partial charge in [0, 0.05) is 6.04 Å². The van der Waals surface area contributed by atoms with Crippen LogP contribution in [0.2, 0.25) is 0 Å². The molecule has 0 spiro atoms. The van der Waals surface area contributed by atoms with Crippen molar-refractivity contribution in [2.45, 2.75) is 32.0 Å². The van der Waals surface area contributed by atoms with Gasteiger partial charge in [-0.25, -0.2) is 4.79 Å². The second-order valence-corrected chi connectivity index (χ2v) is 5.14. The van der Waals surface area contributed by atoms with Crippen LogP contribution in [0.4, 0.5) is 18.0 Å². The van der Waals surface area contributed by atoms with Crippen LogP contribution < -0.4 is 16.0 Å². The van der Waals surface area contributed by atoms with Crippen LogP contribution >= 0.6 is 0 Å². The lowest BCUT2D eigenvalue weighted by Crippen LogP contribution is -2.46. The average molecular weight is 331 g/mol. The van der Waals surface area contributed by atoms with Gasteiger partial charge in [-0.05, 0) is 25.3 Å². The molecule has 3 amide bonds. The molecular formula is C15H20F3N3O2. The van der Waals surface area contributed by atoms with Gasteiger partial charge in [0.1, 0.15) is 6.54 Å². The van der Waals surface area contributed by atoms with Crippen LogP contribution in [-0.4, -0.2) is 37.2 Å². The molecule has 1 atom stereocenters. The maximum Gasteiger partial charge on any atom is 0.405 e. The molecule has 0 radical (unpaired) electrons. The van der Waals surface area contributed by atoms with Crippen molar-refractivity contribution < 1.29 is 22.8 Å². The predicted molar refractivity (Wildman–Crippen MR) is 79.8 cm³/mol. The number of aryl methyl sites for hydroxylation is 1. The van der Waals surface area contributed by atoms with E-state index in [4.69, 9.17) is 0 Å². The zero-order valence-corrected chi connectivity index (χ0v) is 12.7. The lowest BCUT2D eigenvalue weighted by Gasteiger charge is -2.15. The molecule has 0 aliphatic heterocycles. The lowest BCUT2D eigenvalue weighted by atomic mass is 10.1. The molecule has 0 aliphatic rings. The van der Waals surface area contributed by atoms with Gasteiger partial charge in [-0.1, -0.05) is 30.3 Å². The van der Waals surface area contributed by atoms with Gasteiger partial charge in [-0.3, -0.25) is 4.79 Å². The highest BCUT2D eigenvalue weighted by Crippen LogP contribution is 2.11. The van der Waals surface area contributed by atoms with Gasteiger partial charge in [-0.2, -0.15) is 13.2 Å². The van der Waals surface area contributed by atoms with Crippen molar-refractivity contribution in [3.05, 3.63) is 35.9 Å². The van der Waals surface area contributed by atoms with E-state index in [1.807, 2.05) is 37.3 Å². The summed E-state index contributed by atoms with van der Waals surface area (Å²) in [5, 5.41) is 6.52. The average Bonchev–Trinajstić information content (AvgIpc) is 2.49. The Morgan fingerprint density at radius 1 is 1.13 bits per heavy atom. The second kappa shape index (κ2) is 9.02. The normalized spacial score (nSPS) is 12.3. The number of carbonyl (C=O) groups is 2. The maximum atomic E-state index is 11.9. The summed E-state index contributed by atoms with van der Waals surface area (Å²) < 4.78 is 35.7. The van der Waals surface area contributed by atoms with Crippen molar-refractivity contribution in [3.8, 4) is 0 Å². The molecule has 0 fully saturated rings. The molecule has 0 aromatic heterocycles. The summed E-state index contributed by atoms with van der Waals surface area (Å²) in [6, 6.07) is 9.03. The topological polar surface area (TPSA) is 70.2 Å². The molecule has 5 nitrogen and oxygen atoms in total. The molecule has 128 valence electrons. The van der Waals surface area contributed by atoms with Gasteiger partial charge < -0.3 is 16.0 Å². The van der Waals surface area contributed by atoms with E-state index in [2.05, 4.69) is 10.6 Å². The summed E-state index contributed by atoms with van der Waals surface area (Å²) >= 11 is 0. The first-order valence-corrected chi connectivity index (χ1v) is 7.18. The minimum atomic E-state index is -4.47. The SMILES string of the molecule is C[C@@H](CCc1ccccc1)NC(=O)NCC(=O)NCC(F)(F)F. The largest absolute Gasteiger partial charge is 0.405 e. The highest BCUT2D eigenvalue weighted by molar-refractivity contribution is 5.83. The molecule has 1 aromatic rings. The Morgan fingerprint density at radius 3 is 2.39 bits per heavy atom. The Balaban J connectivity index is 2.19. The number of carbonyl (C=O) groups excluding carboxylic acids is 2. The first-order valence-electron chi connectivity index (χ1n) is 7.18. The van der Waals surface area contributed by atoms with Crippen LogP contribution in [0.3, 0.4) is 0 Å². The standard InChI is InChI=1S/C15H20F3N3O2/c1-11(7-8-12-5-3-2-4-6-12)21-14(23)19-9-13(22)20-10-15(16,17)18/h2-6,11H,7-10H2,1H3,(H,20,22)(H2,19,21,23)/t11-/m0/s1. The molecule has 3 N–H and O–H groups in total. The fourth-order valence-electron chi connectivity index (χ4n) is 1.80. The second-order valence-electron chi connectivity index (χ2n) is 5.14. The zero-order valence-electron chi connectivity index (χ0n) is 12.7. The Bertz CT molecular complexity index is 506. The molecule has 0 saturated heterocycles. The number of alkyl halides is 3. The van der Waals surface area contributed by atoms with Gasteiger partial charge in [0.2, 0.25) is 5.91 Å². The predicted octanol–water partition coefficient (Wildman–Crippen LogP) is 1.99. The van der Waals surface area contributed by atoms with Gasteiger partial charge >= 0.3 is 12.2 Å². The summed E-state index contributed by atoms with van der Waals surface area (Å²) in [5.41, 5.74) is 1.15.